The minimum atomic E-state index is -0.184. The molecule has 0 unspecified atom stereocenters. The summed E-state index contributed by atoms with van der Waals surface area (Å²) in [4.78, 5) is 25.2. The van der Waals surface area contributed by atoms with E-state index in [1.165, 1.54) is 0 Å². The van der Waals surface area contributed by atoms with E-state index in [4.69, 9.17) is 23.2 Å². The molecule has 0 heterocycles. The number of benzene rings is 2. The zero-order valence-corrected chi connectivity index (χ0v) is 16.2. The maximum absolute atomic E-state index is 12.0. The van der Waals surface area contributed by atoms with Crippen molar-refractivity contribution in [2.75, 3.05) is 31.3 Å². The molecule has 0 spiro atoms. The third-order valence-electron chi connectivity index (χ3n) is 3.68. The number of rotatable bonds is 7. The van der Waals surface area contributed by atoms with Crippen LogP contribution in [-0.2, 0) is 16.0 Å². The Morgan fingerprint density at radius 3 is 2.15 bits per heavy atom. The van der Waals surface area contributed by atoms with Crippen LogP contribution in [0.15, 0.2) is 42.5 Å². The Kier molecular flexibility index (Phi) is 7.30. The largest absolute Gasteiger partial charge is 0.376 e. The second-order valence-electron chi connectivity index (χ2n) is 6.04. The molecule has 0 aliphatic rings. The van der Waals surface area contributed by atoms with Crippen LogP contribution in [-0.4, -0.2) is 37.4 Å². The fourth-order valence-electron chi connectivity index (χ4n) is 2.27. The molecule has 2 aromatic carbocycles. The van der Waals surface area contributed by atoms with Crippen LogP contribution in [0.1, 0.15) is 12.0 Å². The van der Waals surface area contributed by atoms with Gasteiger partial charge in [0, 0.05) is 41.9 Å². The number of aryl methyl sites for hydroxylation is 1. The van der Waals surface area contributed by atoms with Crippen molar-refractivity contribution in [3.8, 4) is 0 Å². The topological polar surface area (TPSA) is 61.4 Å². The Labute approximate surface area is 163 Å². The highest BCUT2D eigenvalue weighted by atomic mass is 35.5. The predicted octanol–water partition coefficient (Wildman–Crippen LogP) is 4.06. The van der Waals surface area contributed by atoms with E-state index >= 15 is 0 Å². The van der Waals surface area contributed by atoms with E-state index in [9.17, 15) is 9.59 Å². The molecule has 2 aromatic rings. The van der Waals surface area contributed by atoms with Gasteiger partial charge in [0.05, 0.1) is 6.54 Å². The van der Waals surface area contributed by atoms with Crippen molar-refractivity contribution in [3.05, 3.63) is 58.1 Å². The zero-order valence-electron chi connectivity index (χ0n) is 14.7. The van der Waals surface area contributed by atoms with Crippen LogP contribution in [0.2, 0.25) is 10.0 Å². The summed E-state index contributed by atoms with van der Waals surface area (Å²) in [6, 6.07) is 12.5. The summed E-state index contributed by atoms with van der Waals surface area (Å²) < 4.78 is 0. The molecule has 0 saturated heterocycles. The maximum Gasteiger partial charge on any atom is 0.243 e. The molecular formula is C19H21Cl2N3O2. The number of amides is 2. The third kappa shape index (κ3) is 6.58. The van der Waals surface area contributed by atoms with Crippen LogP contribution in [0.5, 0.6) is 0 Å². The third-order valence-corrected chi connectivity index (χ3v) is 4.12. The molecule has 7 heteroatoms. The van der Waals surface area contributed by atoms with Crippen molar-refractivity contribution in [3.63, 3.8) is 0 Å². The van der Waals surface area contributed by atoms with Gasteiger partial charge in [0.2, 0.25) is 11.8 Å². The summed E-state index contributed by atoms with van der Waals surface area (Å²) in [5.74, 6) is -0.0915. The lowest BCUT2D eigenvalue weighted by Crippen LogP contribution is -2.22. The number of nitrogens with one attached hydrogen (secondary N) is 2. The van der Waals surface area contributed by atoms with Crippen LogP contribution in [0, 0.1) is 0 Å². The van der Waals surface area contributed by atoms with Gasteiger partial charge in [0.15, 0.2) is 0 Å². The smallest absolute Gasteiger partial charge is 0.243 e. The Bertz CT molecular complexity index is 757. The van der Waals surface area contributed by atoms with Crippen molar-refractivity contribution in [2.45, 2.75) is 12.8 Å². The fourth-order valence-corrected chi connectivity index (χ4v) is 2.80. The second-order valence-corrected chi connectivity index (χ2v) is 6.92. The van der Waals surface area contributed by atoms with E-state index in [1.54, 1.807) is 37.2 Å². The number of anilines is 2. The summed E-state index contributed by atoms with van der Waals surface area (Å²) in [6.07, 6.45) is 1.13. The van der Waals surface area contributed by atoms with Gasteiger partial charge in [-0.15, -0.1) is 0 Å². The van der Waals surface area contributed by atoms with Crippen molar-refractivity contribution < 1.29 is 9.59 Å². The van der Waals surface area contributed by atoms with Gasteiger partial charge in [-0.2, -0.15) is 0 Å². The van der Waals surface area contributed by atoms with Crippen LogP contribution in [0.4, 0.5) is 11.4 Å². The fraction of sp³-hybridized carbons (Fsp3) is 0.263. The monoisotopic (exact) mass is 393 g/mol. The minimum Gasteiger partial charge on any atom is -0.376 e. The van der Waals surface area contributed by atoms with Gasteiger partial charge < -0.3 is 15.5 Å². The lowest BCUT2D eigenvalue weighted by atomic mass is 10.1. The highest BCUT2D eigenvalue weighted by Gasteiger charge is 2.06. The van der Waals surface area contributed by atoms with Crippen molar-refractivity contribution in [1.82, 2.24) is 4.90 Å². The van der Waals surface area contributed by atoms with E-state index < -0.39 is 0 Å². The Hall–Kier alpha value is -2.24. The highest BCUT2D eigenvalue weighted by molar-refractivity contribution is 6.35. The van der Waals surface area contributed by atoms with Gasteiger partial charge in [0.1, 0.15) is 0 Å². The molecule has 0 aliphatic heterocycles. The zero-order chi connectivity index (χ0) is 19.1. The molecule has 2 amide bonds. The lowest BCUT2D eigenvalue weighted by molar-refractivity contribution is -0.128. The predicted molar refractivity (Wildman–Crippen MR) is 107 cm³/mol. The summed E-state index contributed by atoms with van der Waals surface area (Å²) in [5.41, 5.74) is 2.42. The summed E-state index contributed by atoms with van der Waals surface area (Å²) in [7, 11) is 3.48. The van der Waals surface area contributed by atoms with Crippen molar-refractivity contribution >= 4 is 46.4 Å². The molecule has 5 nitrogen and oxygen atoms in total. The molecule has 2 rings (SSSR count). The standard InChI is InChI=1S/C19H21Cl2N3O2/c1-24(2)19(26)8-5-13-3-6-16(7-4-13)23-18(25)12-22-17-10-14(20)9-15(21)11-17/h3-4,6-7,9-11,22H,5,8,12H2,1-2H3,(H,23,25). The molecule has 0 aromatic heterocycles. The number of hydrogen-bond acceptors (Lipinski definition) is 3. The van der Waals surface area contributed by atoms with E-state index in [-0.39, 0.29) is 18.4 Å². The van der Waals surface area contributed by atoms with Crippen molar-refractivity contribution in [1.29, 1.82) is 0 Å². The quantitative estimate of drug-likeness (QED) is 0.745. The SMILES string of the molecule is CN(C)C(=O)CCc1ccc(NC(=O)CNc2cc(Cl)cc(Cl)c2)cc1. The van der Waals surface area contributed by atoms with Gasteiger partial charge in [-0.3, -0.25) is 9.59 Å². The molecule has 0 atom stereocenters. The van der Waals surface area contributed by atoms with Crippen LogP contribution >= 0.6 is 23.2 Å². The van der Waals surface area contributed by atoms with Crippen LogP contribution in [0.25, 0.3) is 0 Å². The number of nitrogens with zero attached hydrogens (tertiary/aromatic N) is 1. The average Bonchev–Trinajstić information content (AvgIpc) is 2.58. The number of halogens is 2. The first-order chi connectivity index (χ1) is 12.3. The highest BCUT2D eigenvalue weighted by Crippen LogP contribution is 2.22. The summed E-state index contributed by atoms with van der Waals surface area (Å²) >= 11 is 11.8. The van der Waals surface area contributed by atoms with E-state index in [0.29, 0.717) is 34.3 Å². The van der Waals surface area contributed by atoms with Gasteiger partial charge >= 0.3 is 0 Å². The molecule has 0 radical (unpaired) electrons. The van der Waals surface area contributed by atoms with Crippen LogP contribution in [0.3, 0.4) is 0 Å². The van der Waals surface area contributed by atoms with Gasteiger partial charge in [-0.1, -0.05) is 35.3 Å². The number of hydrogen-bond donors (Lipinski definition) is 2. The van der Waals surface area contributed by atoms with Gasteiger partial charge in [0.25, 0.3) is 0 Å². The lowest BCUT2D eigenvalue weighted by Gasteiger charge is -2.11. The Morgan fingerprint density at radius 1 is 0.962 bits per heavy atom. The van der Waals surface area contributed by atoms with E-state index in [0.717, 1.165) is 5.56 Å². The van der Waals surface area contributed by atoms with Gasteiger partial charge in [-0.05, 0) is 42.3 Å². The molecule has 0 aliphatic carbocycles. The molecule has 0 saturated carbocycles. The summed E-state index contributed by atoms with van der Waals surface area (Å²) in [5, 5.41) is 6.79. The molecule has 0 bridgehead atoms. The minimum absolute atomic E-state index is 0.0922. The maximum atomic E-state index is 12.0. The number of carbonyl (C=O) groups is 2. The van der Waals surface area contributed by atoms with E-state index in [2.05, 4.69) is 10.6 Å². The first kappa shape index (κ1) is 20.1. The molecule has 0 fully saturated rings. The molecule has 2 N–H and O–H groups in total. The molecular weight excluding hydrogens is 373 g/mol. The number of carbonyl (C=O) groups excluding carboxylic acids is 2. The Morgan fingerprint density at radius 2 is 1.58 bits per heavy atom. The van der Waals surface area contributed by atoms with Crippen LogP contribution < -0.4 is 10.6 Å². The second kappa shape index (κ2) is 9.46. The average molecular weight is 394 g/mol. The van der Waals surface area contributed by atoms with E-state index in [1.807, 2.05) is 24.3 Å². The molecule has 138 valence electrons. The first-order valence-corrected chi connectivity index (χ1v) is 8.88. The molecule has 26 heavy (non-hydrogen) atoms. The van der Waals surface area contributed by atoms with Gasteiger partial charge in [-0.25, -0.2) is 0 Å². The normalized spacial score (nSPS) is 10.3. The van der Waals surface area contributed by atoms with Crippen molar-refractivity contribution in [2.24, 2.45) is 0 Å². The summed E-state index contributed by atoms with van der Waals surface area (Å²) in [6.45, 7) is 0.0930. The Balaban J connectivity index is 1.82. The first-order valence-electron chi connectivity index (χ1n) is 8.12.